The standard InChI is InChI=1S/C26H25N3O5/c1-32-11-10-27-23(30)14-28-26(31)24-18-4-2-3-5-20(18)29-25-17(7-8-19(24)25)12-16-6-9-21-22(13-16)34-15-33-21/h2-6,9,12-13H,7-8,10-11,14-15H2,1H3,(H,27,30)(H,28,31)/b17-12+. The Labute approximate surface area is 196 Å². The zero-order valence-corrected chi connectivity index (χ0v) is 18.8. The van der Waals surface area contributed by atoms with Gasteiger partial charge in [-0.3, -0.25) is 9.59 Å². The maximum absolute atomic E-state index is 13.3. The molecule has 2 aromatic carbocycles. The van der Waals surface area contributed by atoms with Crippen molar-refractivity contribution < 1.29 is 23.8 Å². The van der Waals surface area contributed by atoms with Crippen molar-refractivity contribution in [2.75, 3.05) is 33.6 Å². The molecule has 8 heteroatoms. The molecule has 0 saturated carbocycles. The van der Waals surface area contributed by atoms with Crippen molar-refractivity contribution in [1.29, 1.82) is 0 Å². The number of rotatable bonds is 7. The van der Waals surface area contributed by atoms with Gasteiger partial charge in [-0.15, -0.1) is 0 Å². The maximum Gasteiger partial charge on any atom is 0.252 e. The molecule has 0 unspecified atom stereocenters. The second-order valence-corrected chi connectivity index (χ2v) is 8.14. The average Bonchev–Trinajstić information content (AvgIpc) is 3.48. The van der Waals surface area contributed by atoms with Crippen molar-refractivity contribution in [2.45, 2.75) is 12.8 Å². The zero-order valence-electron chi connectivity index (χ0n) is 18.8. The van der Waals surface area contributed by atoms with Gasteiger partial charge in [-0.2, -0.15) is 0 Å². The molecule has 0 spiro atoms. The molecule has 34 heavy (non-hydrogen) atoms. The van der Waals surface area contributed by atoms with Crippen LogP contribution in [0, 0.1) is 0 Å². The second kappa shape index (κ2) is 9.52. The predicted octanol–water partition coefficient (Wildman–Crippen LogP) is 2.94. The topological polar surface area (TPSA) is 98.8 Å². The van der Waals surface area contributed by atoms with Crippen LogP contribution in [0.5, 0.6) is 11.5 Å². The molecule has 2 aliphatic rings. The van der Waals surface area contributed by atoms with Crippen molar-refractivity contribution in [3.05, 3.63) is 64.8 Å². The lowest BCUT2D eigenvalue weighted by atomic mass is 10.00. The van der Waals surface area contributed by atoms with Gasteiger partial charge in [0.05, 0.1) is 29.9 Å². The number of fused-ring (bicyclic) bond motifs is 3. The summed E-state index contributed by atoms with van der Waals surface area (Å²) in [6, 6.07) is 13.4. The van der Waals surface area contributed by atoms with Crippen LogP contribution < -0.4 is 20.1 Å². The zero-order chi connectivity index (χ0) is 23.5. The molecular formula is C26H25N3O5. The Bertz CT molecular complexity index is 1300. The highest BCUT2D eigenvalue weighted by Gasteiger charge is 2.27. The lowest BCUT2D eigenvalue weighted by Crippen LogP contribution is -2.38. The van der Waals surface area contributed by atoms with Crippen LogP contribution in [0.2, 0.25) is 0 Å². The number of hydrogen-bond acceptors (Lipinski definition) is 6. The van der Waals surface area contributed by atoms with E-state index in [-0.39, 0.29) is 25.2 Å². The Morgan fingerprint density at radius 1 is 1.09 bits per heavy atom. The summed E-state index contributed by atoms with van der Waals surface area (Å²) in [7, 11) is 1.57. The minimum Gasteiger partial charge on any atom is -0.454 e. The molecule has 2 amide bonds. The molecule has 1 aliphatic carbocycles. The van der Waals surface area contributed by atoms with E-state index in [1.165, 1.54) is 0 Å². The number of ether oxygens (including phenoxy) is 3. The van der Waals surface area contributed by atoms with Gasteiger partial charge >= 0.3 is 0 Å². The SMILES string of the molecule is COCCNC(=O)CNC(=O)c1c2c(nc3ccccc13)/C(=C/c1ccc3c(c1)OCO3)CC2. The molecule has 2 heterocycles. The van der Waals surface area contributed by atoms with Crippen molar-refractivity contribution in [3.8, 4) is 11.5 Å². The normalized spacial score (nSPS) is 14.9. The van der Waals surface area contributed by atoms with Crippen LogP contribution in [0.1, 0.15) is 33.6 Å². The van der Waals surface area contributed by atoms with Crippen LogP contribution >= 0.6 is 0 Å². The number of amides is 2. The molecule has 2 N–H and O–H groups in total. The van der Waals surface area contributed by atoms with E-state index < -0.39 is 0 Å². The summed E-state index contributed by atoms with van der Waals surface area (Å²) >= 11 is 0. The number of para-hydroxylation sites is 1. The summed E-state index contributed by atoms with van der Waals surface area (Å²) < 4.78 is 15.8. The van der Waals surface area contributed by atoms with E-state index in [1.807, 2.05) is 42.5 Å². The molecular weight excluding hydrogens is 434 g/mol. The first kappa shape index (κ1) is 21.9. The van der Waals surface area contributed by atoms with Crippen LogP contribution in [0.3, 0.4) is 0 Å². The summed E-state index contributed by atoms with van der Waals surface area (Å²) in [4.78, 5) is 30.2. The van der Waals surface area contributed by atoms with Gasteiger partial charge in [-0.05, 0) is 53.8 Å². The fourth-order valence-electron chi connectivity index (χ4n) is 4.35. The van der Waals surface area contributed by atoms with Crippen LogP contribution in [0.4, 0.5) is 0 Å². The first-order chi connectivity index (χ1) is 16.6. The van der Waals surface area contributed by atoms with Gasteiger partial charge in [0, 0.05) is 19.0 Å². The molecule has 3 aromatic rings. The molecule has 174 valence electrons. The van der Waals surface area contributed by atoms with Gasteiger partial charge < -0.3 is 24.8 Å². The Hall–Kier alpha value is -3.91. The Balaban J connectivity index is 1.46. The number of methoxy groups -OCH3 is 1. The summed E-state index contributed by atoms with van der Waals surface area (Å²) in [6.07, 6.45) is 3.55. The summed E-state index contributed by atoms with van der Waals surface area (Å²) in [5.74, 6) is 0.927. The number of pyridine rings is 1. The van der Waals surface area contributed by atoms with Gasteiger partial charge in [-0.25, -0.2) is 4.98 Å². The number of hydrogen-bond donors (Lipinski definition) is 2. The van der Waals surface area contributed by atoms with E-state index in [0.29, 0.717) is 25.1 Å². The molecule has 5 rings (SSSR count). The molecule has 1 aliphatic heterocycles. The molecule has 1 aromatic heterocycles. The lowest BCUT2D eigenvalue weighted by Gasteiger charge is -2.13. The number of carbonyl (C=O) groups excluding carboxylic acids is 2. The highest BCUT2D eigenvalue weighted by molar-refractivity contribution is 6.10. The van der Waals surface area contributed by atoms with E-state index >= 15 is 0 Å². The van der Waals surface area contributed by atoms with Crippen molar-refractivity contribution in [3.63, 3.8) is 0 Å². The summed E-state index contributed by atoms with van der Waals surface area (Å²) in [5.41, 5.74) is 5.11. The number of nitrogens with zero attached hydrogens (tertiary/aromatic N) is 1. The van der Waals surface area contributed by atoms with Gasteiger partial charge in [0.15, 0.2) is 11.5 Å². The Kier molecular flexibility index (Phi) is 6.14. The highest BCUT2D eigenvalue weighted by atomic mass is 16.7. The van der Waals surface area contributed by atoms with Crippen molar-refractivity contribution >= 4 is 34.4 Å². The average molecular weight is 460 g/mol. The summed E-state index contributed by atoms with van der Waals surface area (Å²) in [6.45, 7) is 0.940. The minimum absolute atomic E-state index is 0.103. The van der Waals surface area contributed by atoms with E-state index in [9.17, 15) is 9.59 Å². The van der Waals surface area contributed by atoms with Crippen LogP contribution in [0.15, 0.2) is 42.5 Å². The smallest absolute Gasteiger partial charge is 0.252 e. The number of allylic oxidation sites excluding steroid dienone is 1. The van der Waals surface area contributed by atoms with Crippen LogP contribution in [-0.2, 0) is 16.0 Å². The molecule has 0 radical (unpaired) electrons. The lowest BCUT2D eigenvalue weighted by molar-refractivity contribution is -0.120. The van der Waals surface area contributed by atoms with Crippen molar-refractivity contribution in [2.24, 2.45) is 0 Å². The Morgan fingerprint density at radius 3 is 2.82 bits per heavy atom. The monoisotopic (exact) mass is 459 g/mol. The molecule has 8 nitrogen and oxygen atoms in total. The first-order valence-corrected chi connectivity index (χ1v) is 11.2. The minimum atomic E-state index is -0.277. The van der Waals surface area contributed by atoms with Gasteiger partial charge in [0.2, 0.25) is 12.7 Å². The molecule has 0 saturated heterocycles. The van der Waals surface area contributed by atoms with E-state index in [2.05, 4.69) is 16.7 Å². The second-order valence-electron chi connectivity index (χ2n) is 8.14. The predicted molar refractivity (Wildman–Crippen MR) is 128 cm³/mol. The number of carbonyl (C=O) groups is 2. The highest BCUT2D eigenvalue weighted by Crippen LogP contribution is 2.39. The number of benzene rings is 2. The molecule has 0 atom stereocenters. The van der Waals surface area contributed by atoms with E-state index in [4.69, 9.17) is 19.2 Å². The van der Waals surface area contributed by atoms with Gasteiger partial charge in [0.1, 0.15) is 0 Å². The fourth-order valence-corrected chi connectivity index (χ4v) is 4.35. The molecule has 0 fully saturated rings. The maximum atomic E-state index is 13.3. The number of aromatic nitrogens is 1. The third kappa shape index (κ3) is 4.32. The largest absolute Gasteiger partial charge is 0.454 e. The Morgan fingerprint density at radius 2 is 1.94 bits per heavy atom. The first-order valence-electron chi connectivity index (χ1n) is 11.2. The third-order valence-corrected chi connectivity index (χ3v) is 5.94. The number of nitrogens with one attached hydrogen (secondary N) is 2. The van der Waals surface area contributed by atoms with E-state index in [1.54, 1.807) is 7.11 Å². The van der Waals surface area contributed by atoms with Crippen LogP contribution in [-0.4, -0.2) is 50.4 Å². The summed E-state index contributed by atoms with van der Waals surface area (Å²) in [5, 5.41) is 6.26. The third-order valence-electron chi connectivity index (χ3n) is 5.94. The molecule has 0 bridgehead atoms. The van der Waals surface area contributed by atoms with Gasteiger partial charge in [-0.1, -0.05) is 24.3 Å². The van der Waals surface area contributed by atoms with Crippen molar-refractivity contribution in [1.82, 2.24) is 15.6 Å². The van der Waals surface area contributed by atoms with Crippen LogP contribution in [0.25, 0.3) is 22.6 Å². The van der Waals surface area contributed by atoms with Gasteiger partial charge in [0.25, 0.3) is 5.91 Å². The fraction of sp³-hybridized carbons (Fsp3) is 0.269. The quantitative estimate of drug-likeness (QED) is 0.527. The van der Waals surface area contributed by atoms with E-state index in [0.717, 1.165) is 51.2 Å².